The molecular formula is C18H40IN5. The van der Waals surface area contributed by atoms with Crippen LogP contribution in [0.2, 0.25) is 0 Å². The van der Waals surface area contributed by atoms with Crippen molar-refractivity contribution >= 4 is 29.9 Å². The van der Waals surface area contributed by atoms with Gasteiger partial charge in [-0.2, -0.15) is 0 Å². The number of unbranched alkanes of at least 4 members (excludes halogenated alkanes) is 1. The Balaban J connectivity index is 0.00000529. The topological polar surface area (TPSA) is 42.9 Å². The number of halogens is 1. The van der Waals surface area contributed by atoms with Gasteiger partial charge in [-0.05, 0) is 58.9 Å². The van der Waals surface area contributed by atoms with Gasteiger partial charge in [0.25, 0.3) is 0 Å². The molecule has 1 aliphatic rings. The van der Waals surface area contributed by atoms with E-state index in [1.54, 1.807) is 0 Å². The zero-order chi connectivity index (χ0) is 16.8. The van der Waals surface area contributed by atoms with E-state index in [0.717, 1.165) is 25.6 Å². The maximum absolute atomic E-state index is 4.31. The van der Waals surface area contributed by atoms with Crippen LogP contribution in [0.15, 0.2) is 4.99 Å². The summed E-state index contributed by atoms with van der Waals surface area (Å²) in [4.78, 5) is 9.31. The van der Waals surface area contributed by atoms with Gasteiger partial charge in [-0.1, -0.05) is 26.2 Å². The lowest BCUT2D eigenvalue weighted by Crippen LogP contribution is -2.42. The third-order valence-corrected chi connectivity index (χ3v) is 4.55. The molecule has 6 heteroatoms. The van der Waals surface area contributed by atoms with Crippen LogP contribution in [0.25, 0.3) is 0 Å². The van der Waals surface area contributed by atoms with Gasteiger partial charge in [-0.3, -0.25) is 4.99 Å². The Morgan fingerprint density at radius 3 is 2.29 bits per heavy atom. The second-order valence-electron chi connectivity index (χ2n) is 6.69. The summed E-state index contributed by atoms with van der Waals surface area (Å²) in [5, 5.41) is 6.84. The molecule has 0 aromatic carbocycles. The summed E-state index contributed by atoms with van der Waals surface area (Å²) in [6.45, 7) is 10.2. The fraction of sp³-hybridized carbons (Fsp3) is 0.944. The molecule has 1 saturated heterocycles. The smallest absolute Gasteiger partial charge is 0.191 e. The monoisotopic (exact) mass is 453 g/mol. The first-order valence-electron chi connectivity index (χ1n) is 9.61. The third-order valence-electron chi connectivity index (χ3n) is 4.55. The van der Waals surface area contributed by atoms with E-state index in [9.17, 15) is 0 Å². The van der Waals surface area contributed by atoms with Crippen LogP contribution in [0, 0.1) is 0 Å². The van der Waals surface area contributed by atoms with Crippen LogP contribution in [0.1, 0.15) is 51.9 Å². The highest BCUT2D eigenvalue weighted by atomic mass is 127. The standard InChI is InChI=1S/C18H39N5.HI/c1-4-5-13-22(3)17-12-21-18(19-2)20-11-10-16-23-14-8-6-7-9-15-23;/h4-17H2,1-3H3,(H2,19,20,21);1H. The van der Waals surface area contributed by atoms with Gasteiger partial charge < -0.3 is 20.4 Å². The van der Waals surface area contributed by atoms with E-state index in [-0.39, 0.29) is 24.0 Å². The summed E-state index contributed by atoms with van der Waals surface area (Å²) in [6, 6.07) is 0. The molecule has 0 bridgehead atoms. The van der Waals surface area contributed by atoms with Crippen LogP contribution < -0.4 is 10.6 Å². The van der Waals surface area contributed by atoms with Crippen molar-refractivity contribution in [2.24, 2.45) is 4.99 Å². The molecule has 0 spiro atoms. The third kappa shape index (κ3) is 12.3. The molecule has 144 valence electrons. The highest BCUT2D eigenvalue weighted by Crippen LogP contribution is 2.09. The number of nitrogens with one attached hydrogen (secondary N) is 2. The number of likely N-dealkylation sites (tertiary alicyclic amines) is 1. The number of rotatable bonds is 10. The van der Waals surface area contributed by atoms with Gasteiger partial charge in [0, 0.05) is 26.7 Å². The first-order valence-corrected chi connectivity index (χ1v) is 9.61. The molecule has 0 aliphatic carbocycles. The highest BCUT2D eigenvalue weighted by Gasteiger charge is 2.08. The lowest BCUT2D eigenvalue weighted by atomic mass is 10.2. The number of hydrogen-bond donors (Lipinski definition) is 2. The molecule has 0 amide bonds. The van der Waals surface area contributed by atoms with Gasteiger partial charge >= 0.3 is 0 Å². The molecule has 0 radical (unpaired) electrons. The molecule has 1 rings (SSSR count). The molecule has 1 fully saturated rings. The van der Waals surface area contributed by atoms with Crippen molar-refractivity contribution in [1.29, 1.82) is 0 Å². The molecule has 0 unspecified atom stereocenters. The Kier molecular flexibility index (Phi) is 16.3. The van der Waals surface area contributed by atoms with Crippen molar-refractivity contribution in [3.05, 3.63) is 0 Å². The maximum atomic E-state index is 4.31. The van der Waals surface area contributed by atoms with Gasteiger partial charge in [0.2, 0.25) is 0 Å². The van der Waals surface area contributed by atoms with Crippen molar-refractivity contribution in [2.75, 3.05) is 59.9 Å². The lowest BCUT2D eigenvalue weighted by molar-refractivity contribution is 0.282. The predicted molar refractivity (Wildman–Crippen MR) is 117 cm³/mol. The van der Waals surface area contributed by atoms with E-state index in [4.69, 9.17) is 0 Å². The molecular weight excluding hydrogens is 413 g/mol. The van der Waals surface area contributed by atoms with Crippen LogP contribution in [0.4, 0.5) is 0 Å². The minimum absolute atomic E-state index is 0. The zero-order valence-corrected chi connectivity index (χ0v) is 18.5. The van der Waals surface area contributed by atoms with Crippen molar-refractivity contribution in [2.45, 2.75) is 51.9 Å². The Labute approximate surface area is 167 Å². The van der Waals surface area contributed by atoms with Crippen LogP contribution in [0.5, 0.6) is 0 Å². The molecule has 0 aromatic heterocycles. The molecule has 0 saturated carbocycles. The average Bonchev–Trinajstić information content (AvgIpc) is 2.83. The van der Waals surface area contributed by atoms with Crippen LogP contribution in [-0.4, -0.2) is 75.7 Å². The second-order valence-corrected chi connectivity index (χ2v) is 6.69. The normalized spacial score (nSPS) is 16.6. The van der Waals surface area contributed by atoms with Crippen LogP contribution in [0.3, 0.4) is 0 Å². The Bertz CT molecular complexity index is 304. The van der Waals surface area contributed by atoms with E-state index in [0.29, 0.717) is 0 Å². The number of hydrogen-bond acceptors (Lipinski definition) is 3. The summed E-state index contributed by atoms with van der Waals surface area (Å²) in [5.41, 5.74) is 0. The van der Waals surface area contributed by atoms with Crippen molar-refractivity contribution in [3.63, 3.8) is 0 Å². The summed E-state index contributed by atoms with van der Waals surface area (Å²) in [6.07, 6.45) is 9.31. The van der Waals surface area contributed by atoms with E-state index >= 15 is 0 Å². The van der Waals surface area contributed by atoms with Gasteiger partial charge in [-0.15, -0.1) is 24.0 Å². The number of nitrogens with zero attached hydrogens (tertiary/aromatic N) is 3. The average molecular weight is 453 g/mol. The number of aliphatic imine (C=N–C) groups is 1. The lowest BCUT2D eigenvalue weighted by Gasteiger charge is -2.20. The van der Waals surface area contributed by atoms with E-state index in [1.165, 1.54) is 71.1 Å². The Morgan fingerprint density at radius 2 is 1.67 bits per heavy atom. The van der Waals surface area contributed by atoms with Gasteiger partial charge in [0.05, 0.1) is 0 Å². The molecule has 24 heavy (non-hydrogen) atoms. The summed E-state index contributed by atoms with van der Waals surface area (Å²) in [7, 11) is 4.04. The summed E-state index contributed by atoms with van der Waals surface area (Å²) < 4.78 is 0. The predicted octanol–water partition coefficient (Wildman–Crippen LogP) is 2.77. The number of guanidine groups is 1. The molecule has 0 aromatic rings. The summed E-state index contributed by atoms with van der Waals surface area (Å²) >= 11 is 0. The molecule has 2 N–H and O–H groups in total. The van der Waals surface area contributed by atoms with Crippen molar-refractivity contribution < 1.29 is 0 Å². The fourth-order valence-corrected chi connectivity index (χ4v) is 2.99. The fourth-order valence-electron chi connectivity index (χ4n) is 2.99. The zero-order valence-electron chi connectivity index (χ0n) is 16.1. The van der Waals surface area contributed by atoms with Gasteiger partial charge in [0.1, 0.15) is 0 Å². The SMILES string of the molecule is CCCCN(C)CCNC(=NC)NCCCN1CCCCCC1.I. The number of likely N-dealkylation sites (N-methyl/N-ethyl adjacent to an activating group) is 1. The van der Waals surface area contributed by atoms with Crippen molar-refractivity contribution in [3.8, 4) is 0 Å². The van der Waals surface area contributed by atoms with Crippen molar-refractivity contribution in [1.82, 2.24) is 20.4 Å². The van der Waals surface area contributed by atoms with E-state index < -0.39 is 0 Å². The largest absolute Gasteiger partial charge is 0.356 e. The molecule has 0 atom stereocenters. The maximum Gasteiger partial charge on any atom is 0.191 e. The van der Waals surface area contributed by atoms with Crippen LogP contribution >= 0.6 is 24.0 Å². The first-order chi connectivity index (χ1) is 11.3. The molecule has 1 aliphatic heterocycles. The quantitative estimate of drug-likeness (QED) is 0.231. The van der Waals surface area contributed by atoms with Gasteiger partial charge in [0.15, 0.2) is 5.96 Å². The van der Waals surface area contributed by atoms with Crippen LogP contribution in [-0.2, 0) is 0 Å². The minimum atomic E-state index is 0. The summed E-state index contributed by atoms with van der Waals surface area (Å²) in [5.74, 6) is 0.935. The Morgan fingerprint density at radius 1 is 1.00 bits per heavy atom. The highest BCUT2D eigenvalue weighted by molar-refractivity contribution is 14.0. The molecule has 5 nitrogen and oxygen atoms in total. The van der Waals surface area contributed by atoms with E-state index in [1.807, 2.05) is 7.05 Å². The molecule has 1 heterocycles. The minimum Gasteiger partial charge on any atom is -0.356 e. The Hall–Kier alpha value is -0.0800. The second kappa shape index (κ2) is 16.4. The first kappa shape index (κ1) is 23.9. The van der Waals surface area contributed by atoms with Gasteiger partial charge in [-0.25, -0.2) is 0 Å². The van der Waals surface area contributed by atoms with E-state index in [2.05, 4.69) is 39.4 Å².